The summed E-state index contributed by atoms with van der Waals surface area (Å²) in [4.78, 5) is 23.7. The van der Waals surface area contributed by atoms with Gasteiger partial charge in [-0.2, -0.15) is 0 Å². The Morgan fingerprint density at radius 3 is 2.27 bits per heavy atom. The van der Waals surface area contributed by atoms with E-state index in [-0.39, 0.29) is 17.3 Å². The molecule has 1 amide bonds. The summed E-state index contributed by atoms with van der Waals surface area (Å²) in [5, 5.41) is 5.80. The van der Waals surface area contributed by atoms with Crippen LogP contribution in [0.4, 0.5) is 16.2 Å². The van der Waals surface area contributed by atoms with E-state index in [1.807, 2.05) is 0 Å². The maximum absolute atomic E-state index is 13.5. The monoisotopic (exact) mass is 569 g/mol. The van der Waals surface area contributed by atoms with Crippen LogP contribution >= 0.6 is 0 Å². The first kappa shape index (κ1) is 30.3. The minimum Gasteiger partial charge on any atom is -0.492 e. The second-order valence-electron chi connectivity index (χ2n) is 9.71. The van der Waals surface area contributed by atoms with E-state index in [2.05, 4.69) is 15.4 Å². The summed E-state index contributed by atoms with van der Waals surface area (Å²) in [6.45, 7) is 8.11. The van der Waals surface area contributed by atoms with Crippen molar-refractivity contribution in [2.75, 3.05) is 36.8 Å². The number of alkyl carbamates (subject to hydrolysis) is 1. The van der Waals surface area contributed by atoms with Crippen LogP contribution in [0.2, 0.25) is 0 Å². The molecule has 0 atom stereocenters. The number of nitrogens with one attached hydrogen (secondary N) is 3. The van der Waals surface area contributed by atoms with Crippen LogP contribution in [0.5, 0.6) is 5.75 Å². The summed E-state index contributed by atoms with van der Waals surface area (Å²) in [6, 6.07) is 18.3. The third-order valence-corrected chi connectivity index (χ3v) is 6.79. The lowest BCUT2D eigenvalue weighted by atomic mass is 10.0. The molecule has 0 fully saturated rings. The van der Waals surface area contributed by atoms with Crippen molar-refractivity contribution in [3.63, 3.8) is 0 Å². The minimum atomic E-state index is -4.07. The second kappa shape index (κ2) is 13.2. The first-order valence-electron chi connectivity index (χ1n) is 12.7. The fourth-order valence-corrected chi connectivity index (χ4v) is 4.93. The molecule has 10 nitrogen and oxygen atoms in total. The van der Waals surface area contributed by atoms with Crippen molar-refractivity contribution in [3.05, 3.63) is 72.3 Å². The highest BCUT2D eigenvalue weighted by Gasteiger charge is 2.22. The third kappa shape index (κ3) is 8.63. The predicted molar refractivity (Wildman–Crippen MR) is 154 cm³/mol. The Morgan fingerprint density at radius 2 is 1.57 bits per heavy atom. The normalized spacial score (nSPS) is 11.3. The van der Waals surface area contributed by atoms with E-state index in [1.165, 1.54) is 13.2 Å². The average molecular weight is 570 g/mol. The summed E-state index contributed by atoms with van der Waals surface area (Å²) < 4.78 is 45.3. The molecule has 214 valence electrons. The van der Waals surface area contributed by atoms with Gasteiger partial charge in [-0.25, -0.2) is 18.0 Å². The lowest BCUT2D eigenvalue weighted by Gasteiger charge is -2.19. The highest BCUT2D eigenvalue weighted by molar-refractivity contribution is 7.92. The van der Waals surface area contributed by atoms with Crippen LogP contribution in [0, 0.1) is 0 Å². The second-order valence-corrected chi connectivity index (χ2v) is 11.4. The first-order valence-corrected chi connectivity index (χ1v) is 14.2. The zero-order valence-corrected chi connectivity index (χ0v) is 24.1. The number of methoxy groups -OCH3 is 1. The van der Waals surface area contributed by atoms with Crippen molar-refractivity contribution >= 4 is 33.5 Å². The number of carbonyl (C=O) groups is 2. The van der Waals surface area contributed by atoms with E-state index in [0.29, 0.717) is 41.2 Å². The molecular weight excluding hydrogens is 534 g/mol. The summed E-state index contributed by atoms with van der Waals surface area (Å²) in [5.74, 6) is -0.290. The lowest BCUT2D eigenvalue weighted by molar-refractivity contribution is 0.0528. The van der Waals surface area contributed by atoms with Crippen LogP contribution in [-0.2, 0) is 19.5 Å². The van der Waals surface area contributed by atoms with Crippen LogP contribution in [-0.4, -0.2) is 52.9 Å². The van der Waals surface area contributed by atoms with E-state index in [1.54, 1.807) is 88.4 Å². The summed E-state index contributed by atoms with van der Waals surface area (Å²) in [5.41, 5.74) is 1.99. The molecule has 0 spiro atoms. The number of hydrogen-bond acceptors (Lipinski definition) is 8. The molecule has 11 heteroatoms. The van der Waals surface area contributed by atoms with Crippen LogP contribution in [0.15, 0.2) is 71.6 Å². The number of carbonyl (C=O) groups excluding carboxylic acids is 2. The fourth-order valence-electron chi connectivity index (χ4n) is 3.70. The van der Waals surface area contributed by atoms with Gasteiger partial charge in [-0.3, -0.25) is 4.72 Å². The maximum Gasteiger partial charge on any atom is 0.407 e. The number of sulfonamides is 1. The molecule has 0 unspecified atom stereocenters. The number of benzene rings is 3. The third-order valence-electron chi connectivity index (χ3n) is 5.39. The molecule has 3 aromatic carbocycles. The molecule has 3 rings (SSSR count). The number of hydrogen-bond donors (Lipinski definition) is 3. The highest BCUT2D eigenvalue weighted by Crippen LogP contribution is 2.32. The molecule has 3 aromatic rings. The molecule has 0 saturated heterocycles. The first-order chi connectivity index (χ1) is 18.9. The topological polar surface area (TPSA) is 132 Å². The number of amides is 1. The molecule has 40 heavy (non-hydrogen) atoms. The SMILES string of the molecule is CCOc1ccc(-c2cccc(C(=O)OC)c2)cc1S(=O)(=O)Nc1cccc(NCCNC(=O)OC(C)(C)C)c1. The average Bonchev–Trinajstić information content (AvgIpc) is 2.90. The number of esters is 1. The van der Waals surface area contributed by atoms with Crippen molar-refractivity contribution in [3.8, 4) is 16.9 Å². The van der Waals surface area contributed by atoms with Crippen molar-refractivity contribution in [2.24, 2.45) is 0 Å². The van der Waals surface area contributed by atoms with Gasteiger partial charge in [-0.1, -0.05) is 24.3 Å². The molecule has 0 aliphatic heterocycles. The van der Waals surface area contributed by atoms with E-state index >= 15 is 0 Å². The Labute approximate surface area is 235 Å². The Morgan fingerprint density at radius 1 is 0.875 bits per heavy atom. The number of ether oxygens (including phenoxy) is 3. The zero-order chi connectivity index (χ0) is 29.3. The highest BCUT2D eigenvalue weighted by atomic mass is 32.2. The molecule has 0 aromatic heterocycles. The number of rotatable bonds is 11. The summed E-state index contributed by atoms with van der Waals surface area (Å²) in [6.07, 6.45) is -0.514. The maximum atomic E-state index is 13.5. The molecule has 0 radical (unpaired) electrons. The Balaban J connectivity index is 1.78. The largest absolute Gasteiger partial charge is 0.492 e. The van der Waals surface area contributed by atoms with E-state index < -0.39 is 27.7 Å². The summed E-state index contributed by atoms with van der Waals surface area (Å²) in [7, 11) is -2.77. The predicted octanol–water partition coefficient (Wildman–Crippen LogP) is 5.28. The minimum absolute atomic E-state index is 0.0461. The van der Waals surface area contributed by atoms with E-state index in [9.17, 15) is 18.0 Å². The van der Waals surface area contributed by atoms with Gasteiger partial charge in [0.05, 0.1) is 25.0 Å². The van der Waals surface area contributed by atoms with Gasteiger partial charge in [-0.15, -0.1) is 0 Å². The molecule has 0 heterocycles. The van der Waals surface area contributed by atoms with Crippen molar-refractivity contribution in [1.29, 1.82) is 0 Å². The number of anilines is 2. The van der Waals surface area contributed by atoms with Gasteiger partial charge < -0.3 is 24.8 Å². The summed E-state index contributed by atoms with van der Waals surface area (Å²) >= 11 is 0. The van der Waals surface area contributed by atoms with Gasteiger partial charge in [0.1, 0.15) is 16.2 Å². The van der Waals surface area contributed by atoms with Gasteiger partial charge in [-0.05, 0) is 81.3 Å². The molecule has 3 N–H and O–H groups in total. The van der Waals surface area contributed by atoms with Gasteiger partial charge in [0.25, 0.3) is 10.0 Å². The Hall–Kier alpha value is -4.25. The molecule has 0 bridgehead atoms. The van der Waals surface area contributed by atoms with E-state index in [4.69, 9.17) is 14.2 Å². The van der Waals surface area contributed by atoms with E-state index in [0.717, 1.165) is 0 Å². The standard InChI is InChI=1S/C29H35N3O7S/c1-6-38-25-14-13-21(20-9-7-10-22(17-20)27(33)37-5)18-26(25)40(35,36)32-24-12-8-11-23(19-24)30-15-16-31-28(34)39-29(2,3)4/h7-14,17-19,30,32H,6,15-16H2,1-5H3,(H,31,34). The van der Waals surface area contributed by atoms with Gasteiger partial charge in [0.15, 0.2) is 0 Å². The van der Waals surface area contributed by atoms with Crippen LogP contribution in [0.25, 0.3) is 11.1 Å². The van der Waals surface area contributed by atoms with Crippen LogP contribution in [0.1, 0.15) is 38.1 Å². The Bertz CT molecular complexity index is 1450. The van der Waals surface area contributed by atoms with Crippen molar-refractivity contribution < 1.29 is 32.2 Å². The smallest absolute Gasteiger partial charge is 0.407 e. The fraction of sp³-hybridized carbons (Fsp3) is 0.310. The van der Waals surface area contributed by atoms with Crippen LogP contribution < -0.4 is 20.1 Å². The van der Waals surface area contributed by atoms with Crippen LogP contribution in [0.3, 0.4) is 0 Å². The molecular formula is C29H35N3O7S. The van der Waals surface area contributed by atoms with Gasteiger partial charge in [0, 0.05) is 18.8 Å². The quantitative estimate of drug-likeness (QED) is 0.210. The van der Waals surface area contributed by atoms with Gasteiger partial charge in [0.2, 0.25) is 0 Å². The zero-order valence-electron chi connectivity index (χ0n) is 23.2. The molecule has 0 aliphatic carbocycles. The molecule has 0 aliphatic rings. The molecule has 0 saturated carbocycles. The van der Waals surface area contributed by atoms with Crippen molar-refractivity contribution in [1.82, 2.24) is 5.32 Å². The van der Waals surface area contributed by atoms with Gasteiger partial charge >= 0.3 is 12.1 Å². The lowest BCUT2D eigenvalue weighted by Crippen LogP contribution is -2.34. The Kier molecular flexibility index (Phi) is 10.0. The van der Waals surface area contributed by atoms with Crippen molar-refractivity contribution in [2.45, 2.75) is 38.2 Å².